The number of hydrogen-bond acceptors (Lipinski definition) is 4. The Bertz CT molecular complexity index is 344. The van der Waals surface area contributed by atoms with Crippen LogP contribution in [0.15, 0.2) is 6.20 Å². The first-order valence-electron chi connectivity index (χ1n) is 3.74. The van der Waals surface area contributed by atoms with Gasteiger partial charge in [0.1, 0.15) is 11.7 Å². The van der Waals surface area contributed by atoms with Crippen molar-refractivity contribution in [3.63, 3.8) is 0 Å². The molecule has 0 bridgehead atoms. The molecule has 70 valence electrons. The second-order valence-electron chi connectivity index (χ2n) is 2.71. The Balaban J connectivity index is 3.07. The number of nitrogens with zero attached hydrogens (tertiary/aromatic N) is 3. The maximum Gasteiger partial charge on any atom is 0.268 e. The molecule has 1 atom stereocenters. The lowest BCUT2D eigenvalue weighted by Crippen LogP contribution is -2.23. The first-order valence-corrected chi connectivity index (χ1v) is 3.74. The largest absolute Gasteiger partial charge is 0.364 e. The summed E-state index contributed by atoms with van der Waals surface area (Å²) >= 11 is 0. The number of rotatable bonds is 3. The van der Waals surface area contributed by atoms with Gasteiger partial charge in [0, 0.05) is 0 Å². The van der Waals surface area contributed by atoms with E-state index in [9.17, 15) is 9.59 Å². The number of nitrogens with two attached hydrogens (primary N) is 1. The van der Waals surface area contributed by atoms with E-state index in [4.69, 9.17) is 5.73 Å². The van der Waals surface area contributed by atoms with Crippen LogP contribution in [0, 0.1) is 0 Å². The van der Waals surface area contributed by atoms with Gasteiger partial charge in [-0.15, -0.1) is 5.10 Å². The summed E-state index contributed by atoms with van der Waals surface area (Å²) in [4.78, 5) is 21.8. The van der Waals surface area contributed by atoms with Gasteiger partial charge in [-0.1, -0.05) is 5.21 Å². The van der Waals surface area contributed by atoms with E-state index in [0.29, 0.717) is 0 Å². The Hall–Kier alpha value is -1.72. The number of carbonyl (C=O) groups excluding carboxylic acids is 2. The molecule has 0 spiro atoms. The Morgan fingerprint density at radius 3 is 2.69 bits per heavy atom. The van der Waals surface area contributed by atoms with Gasteiger partial charge in [-0.3, -0.25) is 9.59 Å². The van der Waals surface area contributed by atoms with Crippen LogP contribution in [0.2, 0.25) is 0 Å². The molecule has 0 fully saturated rings. The molecule has 1 aromatic rings. The van der Waals surface area contributed by atoms with E-state index in [2.05, 4.69) is 10.3 Å². The van der Waals surface area contributed by atoms with E-state index >= 15 is 0 Å². The van der Waals surface area contributed by atoms with Crippen molar-refractivity contribution in [2.24, 2.45) is 5.73 Å². The molecule has 2 N–H and O–H groups in total. The van der Waals surface area contributed by atoms with Gasteiger partial charge in [0.05, 0.1) is 6.20 Å². The average Bonchev–Trinajstić information content (AvgIpc) is 2.50. The van der Waals surface area contributed by atoms with Crippen molar-refractivity contribution in [3.8, 4) is 0 Å². The third-order valence-corrected chi connectivity index (χ3v) is 1.78. The highest BCUT2D eigenvalue weighted by Crippen LogP contribution is 2.07. The highest BCUT2D eigenvalue weighted by Gasteiger charge is 2.17. The molecule has 0 aliphatic rings. The SMILES string of the molecule is CC(=O)C(C)n1nncc1C(N)=O. The lowest BCUT2D eigenvalue weighted by molar-refractivity contribution is -0.119. The predicted octanol–water partition coefficient (Wildman–Crippen LogP) is -0.473. The van der Waals surface area contributed by atoms with Gasteiger partial charge in [-0.05, 0) is 13.8 Å². The number of ketones is 1. The molecule has 0 saturated carbocycles. The standard InChI is InChI=1S/C7H10N4O2/c1-4(5(2)12)11-6(7(8)13)3-9-10-11/h3-4H,1-2H3,(H2,8,13). The van der Waals surface area contributed by atoms with E-state index in [0.717, 1.165) is 0 Å². The third-order valence-electron chi connectivity index (χ3n) is 1.78. The molecule has 0 aliphatic heterocycles. The minimum Gasteiger partial charge on any atom is -0.364 e. The van der Waals surface area contributed by atoms with Gasteiger partial charge in [0.15, 0.2) is 5.78 Å². The summed E-state index contributed by atoms with van der Waals surface area (Å²) < 4.78 is 1.21. The maximum absolute atomic E-state index is 11.0. The zero-order valence-corrected chi connectivity index (χ0v) is 7.39. The summed E-state index contributed by atoms with van der Waals surface area (Å²) in [5.41, 5.74) is 5.19. The van der Waals surface area contributed by atoms with Gasteiger partial charge in [-0.25, -0.2) is 4.68 Å². The van der Waals surface area contributed by atoms with E-state index in [1.54, 1.807) is 6.92 Å². The zero-order valence-electron chi connectivity index (χ0n) is 7.39. The highest BCUT2D eigenvalue weighted by molar-refractivity contribution is 5.91. The molecule has 0 saturated heterocycles. The molecule has 0 aliphatic carbocycles. The number of aromatic nitrogens is 3. The summed E-state index contributed by atoms with van der Waals surface area (Å²) in [5.74, 6) is -0.744. The van der Waals surface area contributed by atoms with Crippen molar-refractivity contribution in [2.75, 3.05) is 0 Å². The van der Waals surface area contributed by atoms with Crippen LogP contribution >= 0.6 is 0 Å². The van der Waals surface area contributed by atoms with Crippen molar-refractivity contribution in [3.05, 3.63) is 11.9 Å². The Morgan fingerprint density at radius 2 is 2.23 bits per heavy atom. The molecule has 1 aromatic heterocycles. The van der Waals surface area contributed by atoms with Gasteiger partial charge >= 0.3 is 0 Å². The summed E-state index contributed by atoms with van der Waals surface area (Å²) in [6.45, 7) is 3.04. The second kappa shape index (κ2) is 3.34. The lowest BCUT2D eigenvalue weighted by atomic mass is 10.2. The van der Waals surface area contributed by atoms with E-state index in [-0.39, 0.29) is 11.5 Å². The molecule has 6 nitrogen and oxygen atoms in total. The van der Waals surface area contributed by atoms with Crippen molar-refractivity contribution >= 4 is 11.7 Å². The number of carbonyl (C=O) groups is 2. The fourth-order valence-electron chi connectivity index (χ4n) is 0.878. The molecule has 6 heteroatoms. The lowest BCUT2D eigenvalue weighted by Gasteiger charge is -2.08. The van der Waals surface area contributed by atoms with Crippen LogP contribution in [0.25, 0.3) is 0 Å². The van der Waals surface area contributed by atoms with Crippen molar-refractivity contribution in [1.82, 2.24) is 15.0 Å². The van der Waals surface area contributed by atoms with Gasteiger partial charge in [0.2, 0.25) is 0 Å². The molecular formula is C7H10N4O2. The van der Waals surface area contributed by atoms with Crippen molar-refractivity contribution in [1.29, 1.82) is 0 Å². The minimum atomic E-state index is -0.641. The first-order chi connectivity index (χ1) is 6.04. The fraction of sp³-hybridized carbons (Fsp3) is 0.429. The number of primary amides is 1. The van der Waals surface area contributed by atoms with Crippen LogP contribution in [0.3, 0.4) is 0 Å². The van der Waals surface area contributed by atoms with E-state index in [1.165, 1.54) is 17.8 Å². The van der Waals surface area contributed by atoms with Crippen LogP contribution < -0.4 is 5.73 Å². The van der Waals surface area contributed by atoms with Crippen LogP contribution in [0.5, 0.6) is 0 Å². The summed E-state index contributed by atoms with van der Waals surface area (Å²) in [5, 5.41) is 7.11. The number of Topliss-reactive ketones (excluding diaryl/α,β-unsaturated/α-hetero) is 1. The number of amides is 1. The van der Waals surface area contributed by atoms with Crippen LogP contribution in [-0.4, -0.2) is 26.7 Å². The minimum absolute atomic E-state index is 0.104. The Morgan fingerprint density at radius 1 is 1.62 bits per heavy atom. The Labute approximate surface area is 74.7 Å². The predicted molar refractivity (Wildman–Crippen MR) is 43.9 cm³/mol. The van der Waals surface area contributed by atoms with E-state index < -0.39 is 11.9 Å². The average molecular weight is 182 g/mol. The van der Waals surface area contributed by atoms with Crippen molar-refractivity contribution in [2.45, 2.75) is 19.9 Å². The molecule has 1 rings (SSSR count). The summed E-state index contributed by atoms with van der Waals surface area (Å²) in [6, 6.07) is -0.509. The van der Waals surface area contributed by atoms with Gasteiger partial charge < -0.3 is 5.73 Å². The summed E-state index contributed by atoms with van der Waals surface area (Å²) in [7, 11) is 0. The van der Waals surface area contributed by atoms with Crippen LogP contribution in [0.4, 0.5) is 0 Å². The van der Waals surface area contributed by atoms with Gasteiger partial charge in [-0.2, -0.15) is 0 Å². The zero-order chi connectivity index (χ0) is 10.0. The normalized spacial score (nSPS) is 12.5. The van der Waals surface area contributed by atoms with Crippen LogP contribution in [-0.2, 0) is 4.79 Å². The highest BCUT2D eigenvalue weighted by atomic mass is 16.1. The smallest absolute Gasteiger partial charge is 0.268 e. The van der Waals surface area contributed by atoms with Gasteiger partial charge in [0.25, 0.3) is 5.91 Å². The van der Waals surface area contributed by atoms with E-state index in [1.807, 2.05) is 0 Å². The maximum atomic E-state index is 11.0. The second-order valence-corrected chi connectivity index (χ2v) is 2.71. The molecule has 1 heterocycles. The quantitative estimate of drug-likeness (QED) is 0.683. The molecule has 0 radical (unpaired) electrons. The molecular weight excluding hydrogens is 172 g/mol. The topological polar surface area (TPSA) is 90.9 Å². The molecule has 13 heavy (non-hydrogen) atoms. The summed E-state index contributed by atoms with van der Waals surface area (Å²) in [6.07, 6.45) is 1.24. The monoisotopic (exact) mass is 182 g/mol. The first kappa shape index (κ1) is 9.37. The number of hydrogen-bond donors (Lipinski definition) is 1. The fourth-order valence-corrected chi connectivity index (χ4v) is 0.878. The van der Waals surface area contributed by atoms with Crippen LogP contribution in [0.1, 0.15) is 30.4 Å². The third kappa shape index (κ3) is 1.71. The van der Waals surface area contributed by atoms with Crippen molar-refractivity contribution < 1.29 is 9.59 Å². The Kier molecular flexibility index (Phi) is 2.41. The molecule has 0 aromatic carbocycles. The molecule has 1 amide bonds. The molecule has 1 unspecified atom stereocenters.